The summed E-state index contributed by atoms with van der Waals surface area (Å²) >= 11 is 0. The van der Waals surface area contributed by atoms with E-state index >= 15 is 0 Å². The molecule has 2 heteroatoms. The van der Waals surface area contributed by atoms with Crippen molar-refractivity contribution in [2.45, 2.75) is 47.5 Å². The smallest absolute Gasteiger partial charge is 0.0306 e. The third-order valence-electron chi connectivity index (χ3n) is 1.96. The summed E-state index contributed by atoms with van der Waals surface area (Å²) in [6.45, 7) is 14.4. The highest BCUT2D eigenvalue weighted by Crippen LogP contribution is 2.02. The zero-order valence-electron chi connectivity index (χ0n) is 10.6. The van der Waals surface area contributed by atoms with Crippen LogP contribution in [0.25, 0.3) is 0 Å². The summed E-state index contributed by atoms with van der Waals surface area (Å²) in [6.07, 6.45) is 2.45. The summed E-state index contributed by atoms with van der Waals surface area (Å²) in [5, 5.41) is 2.25. The summed E-state index contributed by atoms with van der Waals surface area (Å²) in [6, 6.07) is 0. The molecule has 0 saturated heterocycles. The van der Waals surface area contributed by atoms with Crippen LogP contribution in [0.4, 0.5) is 0 Å². The Bertz CT molecular complexity index is 111. The van der Waals surface area contributed by atoms with Gasteiger partial charge in [0.2, 0.25) is 0 Å². The molecule has 0 amide bonds. The van der Waals surface area contributed by atoms with Crippen LogP contribution in [0.3, 0.4) is 0 Å². The highest BCUT2D eigenvalue weighted by atomic mass is 15.5. The summed E-state index contributed by atoms with van der Waals surface area (Å²) in [5.74, 6) is 1.42. The van der Waals surface area contributed by atoms with Crippen LogP contribution in [0.1, 0.15) is 47.5 Å². The van der Waals surface area contributed by atoms with Gasteiger partial charge >= 0.3 is 0 Å². The van der Waals surface area contributed by atoms with Crippen molar-refractivity contribution < 1.29 is 0 Å². The second-order valence-corrected chi connectivity index (χ2v) is 4.88. The lowest BCUT2D eigenvalue weighted by atomic mass is 10.2. The van der Waals surface area contributed by atoms with Crippen molar-refractivity contribution in [3.05, 3.63) is 0 Å². The first-order valence-electron chi connectivity index (χ1n) is 5.98. The number of nitrogens with zero attached hydrogens (tertiary/aromatic N) is 2. The van der Waals surface area contributed by atoms with Gasteiger partial charge in [0.05, 0.1) is 0 Å². The molecule has 0 rings (SSSR count). The molecule has 0 N–H and O–H groups in total. The summed E-state index contributed by atoms with van der Waals surface area (Å²) < 4.78 is 0. The zero-order valence-corrected chi connectivity index (χ0v) is 10.6. The van der Waals surface area contributed by atoms with Crippen molar-refractivity contribution in [1.29, 1.82) is 0 Å². The highest BCUT2D eigenvalue weighted by Gasteiger charge is 2.09. The first-order chi connectivity index (χ1) is 6.56. The molecule has 0 fully saturated rings. The molecule has 0 atom stereocenters. The minimum absolute atomic E-state index is 0.708. The van der Waals surface area contributed by atoms with E-state index in [2.05, 4.69) is 45.1 Å². The second kappa shape index (κ2) is 8.25. The van der Waals surface area contributed by atoms with Gasteiger partial charge in [-0.05, 0) is 18.3 Å². The van der Waals surface area contributed by atoms with Crippen LogP contribution in [-0.2, 0) is 0 Å². The molecule has 14 heavy (non-hydrogen) atoms. The monoisotopic (exact) mass is 199 g/mol. The standard InChI is InChI=1S/C12H27N2/c1-6-7-8-13-14(9-11(2)3)10-12(4)5/h11-12H,6-10H2,1-5H3. The van der Waals surface area contributed by atoms with E-state index < -0.39 is 0 Å². The third-order valence-corrected chi connectivity index (χ3v) is 1.96. The van der Waals surface area contributed by atoms with Crippen molar-refractivity contribution in [2.75, 3.05) is 19.6 Å². The van der Waals surface area contributed by atoms with Crippen LogP contribution < -0.4 is 5.43 Å². The second-order valence-electron chi connectivity index (χ2n) is 4.88. The number of hydrogen-bond donors (Lipinski definition) is 0. The van der Waals surface area contributed by atoms with Crippen LogP contribution in [0.2, 0.25) is 0 Å². The average Bonchev–Trinajstić information content (AvgIpc) is 2.02. The molecule has 85 valence electrons. The third kappa shape index (κ3) is 8.52. The van der Waals surface area contributed by atoms with Crippen molar-refractivity contribution in [2.24, 2.45) is 11.8 Å². The first-order valence-corrected chi connectivity index (χ1v) is 5.98. The Morgan fingerprint density at radius 1 is 1.00 bits per heavy atom. The number of hydrogen-bond acceptors (Lipinski definition) is 1. The Kier molecular flexibility index (Phi) is 8.20. The maximum absolute atomic E-state index is 4.63. The normalized spacial score (nSPS) is 12.0. The molecule has 1 radical (unpaired) electrons. The number of rotatable bonds is 8. The van der Waals surface area contributed by atoms with E-state index in [1.807, 2.05) is 0 Å². The molecule has 0 aromatic heterocycles. The number of unbranched alkanes of at least 4 members (excludes halogenated alkanes) is 1. The molecule has 0 unspecified atom stereocenters. The lowest BCUT2D eigenvalue weighted by Gasteiger charge is -2.24. The Hall–Kier alpha value is -0.0800. The SMILES string of the molecule is CCCC[N]N(CC(C)C)CC(C)C. The first kappa shape index (κ1) is 13.9. The Labute approximate surface area is 90.0 Å². The topological polar surface area (TPSA) is 17.3 Å². The van der Waals surface area contributed by atoms with Gasteiger partial charge in [0.1, 0.15) is 0 Å². The Morgan fingerprint density at radius 3 is 1.86 bits per heavy atom. The molecule has 0 heterocycles. The zero-order chi connectivity index (χ0) is 11.0. The van der Waals surface area contributed by atoms with Crippen molar-refractivity contribution in [3.8, 4) is 0 Å². The van der Waals surface area contributed by atoms with Gasteiger partial charge in [-0.25, -0.2) is 5.01 Å². The van der Waals surface area contributed by atoms with Crippen molar-refractivity contribution >= 4 is 0 Å². The summed E-state index contributed by atoms with van der Waals surface area (Å²) in [7, 11) is 0. The van der Waals surface area contributed by atoms with Gasteiger partial charge in [-0.3, -0.25) is 0 Å². The van der Waals surface area contributed by atoms with Gasteiger partial charge in [-0.2, -0.15) is 5.43 Å². The minimum Gasteiger partial charge on any atom is -0.226 e. The molecule has 0 bridgehead atoms. The lowest BCUT2D eigenvalue weighted by molar-refractivity contribution is 0.140. The predicted molar refractivity (Wildman–Crippen MR) is 63.2 cm³/mol. The Balaban J connectivity index is 3.72. The molecular formula is C12H27N2. The van der Waals surface area contributed by atoms with E-state index in [4.69, 9.17) is 0 Å². The van der Waals surface area contributed by atoms with Gasteiger partial charge in [-0.15, -0.1) is 0 Å². The Morgan fingerprint density at radius 2 is 1.50 bits per heavy atom. The fraction of sp³-hybridized carbons (Fsp3) is 1.00. The van der Waals surface area contributed by atoms with Crippen LogP contribution in [0.5, 0.6) is 0 Å². The van der Waals surface area contributed by atoms with E-state index in [0.717, 1.165) is 19.6 Å². The quantitative estimate of drug-likeness (QED) is 0.434. The van der Waals surface area contributed by atoms with E-state index in [-0.39, 0.29) is 0 Å². The molecule has 2 nitrogen and oxygen atoms in total. The van der Waals surface area contributed by atoms with Gasteiger partial charge < -0.3 is 0 Å². The summed E-state index contributed by atoms with van der Waals surface area (Å²) in [4.78, 5) is 0. The van der Waals surface area contributed by atoms with Gasteiger partial charge in [0.15, 0.2) is 0 Å². The van der Waals surface area contributed by atoms with Crippen LogP contribution in [-0.4, -0.2) is 24.6 Å². The largest absolute Gasteiger partial charge is 0.226 e. The van der Waals surface area contributed by atoms with Crippen LogP contribution >= 0.6 is 0 Å². The van der Waals surface area contributed by atoms with E-state index in [9.17, 15) is 0 Å². The van der Waals surface area contributed by atoms with Crippen LogP contribution in [0, 0.1) is 11.8 Å². The molecular weight excluding hydrogens is 172 g/mol. The maximum atomic E-state index is 4.63. The van der Waals surface area contributed by atoms with Crippen LogP contribution in [0.15, 0.2) is 0 Å². The van der Waals surface area contributed by atoms with Crippen molar-refractivity contribution in [3.63, 3.8) is 0 Å². The van der Waals surface area contributed by atoms with E-state index in [1.54, 1.807) is 0 Å². The summed E-state index contributed by atoms with van der Waals surface area (Å²) in [5.41, 5.74) is 4.63. The van der Waals surface area contributed by atoms with Gasteiger partial charge in [-0.1, -0.05) is 41.0 Å². The van der Waals surface area contributed by atoms with E-state index in [1.165, 1.54) is 12.8 Å². The fourth-order valence-electron chi connectivity index (χ4n) is 1.40. The molecule has 0 spiro atoms. The molecule has 0 aliphatic carbocycles. The molecule has 0 aliphatic heterocycles. The minimum atomic E-state index is 0.708. The molecule has 0 aliphatic rings. The fourth-order valence-corrected chi connectivity index (χ4v) is 1.40. The molecule has 0 saturated carbocycles. The van der Waals surface area contributed by atoms with Crippen molar-refractivity contribution in [1.82, 2.24) is 10.4 Å². The molecule has 0 aromatic rings. The maximum Gasteiger partial charge on any atom is 0.0306 e. The van der Waals surface area contributed by atoms with E-state index in [0.29, 0.717) is 11.8 Å². The molecule has 0 aromatic carbocycles. The van der Waals surface area contributed by atoms with Gasteiger partial charge in [0.25, 0.3) is 0 Å². The highest BCUT2D eigenvalue weighted by molar-refractivity contribution is 4.58. The lowest BCUT2D eigenvalue weighted by Crippen LogP contribution is -2.38. The predicted octanol–water partition coefficient (Wildman–Crippen LogP) is 2.92. The van der Waals surface area contributed by atoms with Gasteiger partial charge in [0, 0.05) is 19.6 Å². The average molecular weight is 199 g/mol.